The van der Waals surface area contributed by atoms with Crippen LogP contribution >= 0.6 is 7.82 Å². The van der Waals surface area contributed by atoms with Crippen molar-refractivity contribution in [2.75, 3.05) is 0 Å². The first-order chi connectivity index (χ1) is 11.0. The average molecular weight is 334 g/mol. The van der Waals surface area contributed by atoms with Gasteiger partial charge in [-0.1, -0.05) is 63.1 Å². The predicted octanol–water partition coefficient (Wildman–Crippen LogP) is 4.73. The second-order valence-corrected chi connectivity index (χ2v) is 6.69. The molecule has 2 aromatic rings. The largest absolute Gasteiger partial charge is 0.524 e. The molecule has 23 heavy (non-hydrogen) atoms. The highest BCUT2D eigenvalue weighted by atomic mass is 31.2. The number of aryl methyl sites for hydroxylation is 1. The summed E-state index contributed by atoms with van der Waals surface area (Å²) >= 11 is 0. The molecule has 0 amide bonds. The van der Waals surface area contributed by atoms with Gasteiger partial charge in [0.25, 0.3) is 0 Å². The van der Waals surface area contributed by atoms with Gasteiger partial charge in [0.05, 0.1) is 0 Å². The molecule has 0 saturated carbocycles. The molecule has 0 heterocycles. The van der Waals surface area contributed by atoms with Gasteiger partial charge in [-0.15, -0.1) is 0 Å². The molecule has 0 radical (unpaired) electrons. The Kier molecular flexibility index (Phi) is 6.00. The van der Waals surface area contributed by atoms with Crippen LogP contribution in [0.5, 0.6) is 5.75 Å². The Hall–Kier alpha value is -1.61. The molecule has 0 aliphatic heterocycles. The number of phosphoric acid groups is 1. The summed E-state index contributed by atoms with van der Waals surface area (Å²) in [4.78, 5) is 18.4. The van der Waals surface area contributed by atoms with Crippen molar-refractivity contribution in [1.82, 2.24) is 0 Å². The minimum absolute atomic E-state index is 0.243. The van der Waals surface area contributed by atoms with Gasteiger partial charge in [0.1, 0.15) is 5.75 Å². The molecule has 0 aromatic heterocycles. The lowest BCUT2D eigenvalue weighted by molar-refractivity contribution is 0.283. The van der Waals surface area contributed by atoms with E-state index in [-0.39, 0.29) is 5.75 Å². The fourth-order valence-corrected chi connectivity index (χ4v) is 3.24. The van der Waals surface area contributed by atoms with Gasteiger partial charge in [-0.05, 0) is 35.6 Å². The second-order valence-electron chi connectivity index (χ2n) is 5.52. The van der Waals surface area contributed by atoms with Crippen LogP contribution in [0.25, 0.3) is 11.1 Å². The third-order valence-corrected chi connectivity index (χ3v) is 4.11. The fraction of sp³-hybridized carbons (Fsp3) is 0.333. The molecule has 0 spiro atoms. The number of hydrogen-bond donors (Lipinski definition) is 2. The van der Waals surface area contributed by atoms with E-state index in [1.807, 2.05) is 36.4 Å². The van der Waals surface area contributed by atoms with Crippen molar-refractivity contribution < 1.29 is 18.9 Å². The summed E-state index contributed by atoms with van der Waals surface area (Å²) < 4.78 is 16.3. The Morgan fingerprint density at radius 3 is 2.17 bits per heavy atom. The molecule has 2 N–H and O–H groups in total. The lowest BCUT2D eigenvalue weighted by atomic mass is 9.90. The first kappa shape index (κ1) is 17.7. The van der Waals surface area contributed by atoms with E-state index in [0.717, 1.165) is 42.4 Å². The SMILES string of the molecule is CCCc1ccc(OP(=O)(O)O)c(-c2ccccc2)c1CCC. The third kappa shape index (κ3) is 4.68. The molecule has 0 fully saturated rings. The Labute approximate surface area is 137 Å². The van der Waals surface area contributed by atoms with E-state index in [4.69, 9.17) is 4.52 Å². The molecule has 4 nitrogen and oxygen atoms in total. The van der Waals surface area contributed by atoms with Crippen LogP contribution in [-0.4, -0.2) is 9.79 Å². The summed E-state index contributed by atoms with van der Waals surface area (Å²) in [7, 11) is -4.60. The minimum Gasteiger partial charge on any atom is -0.404 e. The molecule has 2 rings (SSSR count). The van der Waals surface area contributed by atoms with Crippen molar-refractivity contribution in [2.45, 2.75) is 39.5 Å². The normalized spacial score (nSPS) is 11.5. The molecule has 0 bridgehead atoms. The van der Waals surface area contributed by atoms with Crippen molar-refractivity contribution in [2.24, 2.45) is 0 Å². The van der Waals surface area contributed by atoms with E-state index in [2.05, 4.69) is 13.8 Å². The highest BCUT2D eigenvalue weighted by Crippen LogP contribution is 2.44. The van der Waals surface area contributed by atoms with Gasteiger partial charge in [0.15, 0.2) is 0 Å². The van der Waals surface area contributed by atoms with Crippen molar-refractivity contribution >= 4 is 7.82 Å². The number of hydrogen-bond acceptors (Lipinski definition) is 2. The van der Waals surface area contributed by atoms with Gasteiger partial charge in [-0.25, -0.2) is 4.57 Å². The zero-order valence-corrected chi connectivity index (χ0v) is 14.4. The van der Waals surface area contributed by atoms with Crippen LogP contribution in [0.3, 0.4) is 0 Å². The summed E-state index contributed by atoms with van der Waals surface area (Å²) in [5.74, 6) is 0.243. The Balaban J connectivity index is 2.68. The molecule has 0 aliphatic carbocycles. The van der Waals surface area contributed by atoms with Crippen LogP contribution in [0, 0.1) is 0 Å². The Morgan fingerprint density at radius 2 is 1.61 bits per heavy atom. The molecule has 0 atom stereocenters. The lowest BCUT2D eigenvalue weighted by Crippen LogP contribution is -2.01. The maximum atomic E-state index is 11.3. The fourth-order valence-electron chi connectivity index (χ4n) is 2.83. The lowest BCUT2D eigenvalue weighted by Gasteiger charge is -2.19. The van der Waals surface area contributed by atoms with E-state index in [9.17, 15) is 14.4 Å². The van der Waals surface area contributed by atoms with Gasteiger partial charge in [-0.2, -0.15) is 0 Å². The van der Waals surface area contributed by atoms with Crippen LogP contribution < -0.4 is 4.52 Å². The first-order valence-corrected chi connectivity index (χ1v) is 9.44. The summed E-state index contributed by atoms with van der Waals surface area (Å²) in [6.45, 7) is 4.22. The van der Waals surface area contributed by atoms with Gasteiger partial charge in [0, 0.05) is 5.56 Å². The first-order valence-electron chi connectivity index (χ1n) is 7.91. The smallest absolute Gasteiger partial charge is 0.404 e. The summed E-state index contributed by atoms with van der Waals surface area (Å²) in [5, 5.41) is 0. The molecule has 2 aromatic carbocycles. The van der Waals surface area contributed by atoms with Gasteiger partial charge in [0.2, 0.25) is 0 Å². The molecule has 0 saturated heterocycles. The van der Waals surface area contributed by atoms with E-state index in [0.29, 0.717) is 0 Å². The van der Waals surface area contributed by atoms with Gasteiger partial charge in [-0.3, -0.25) is 9.79 Å². The zero-order chi connectivity index (χ0) is 16.9. The number of benzene rings is 2. The number of rotatable bonds is 7. The van der Waals surface area contributed by atoms with Crippen molar-refractivity contribution in [3.05, 3.63) is 53.6 Å². The van der Waals surface area contributed by atoms with Crippen LogP contribution in [0.2, 0.25) is 0 Å². The molecule has 0 aliphatic rings. The molecular formula is C18H23O4P. The monoisotopic (exact) mass is 334 g/mol. The average Bonchev–Trinajstić information content (AvgIpc) is 2.50. The van der Waals surface area contributed by atoms with Crippen LogP contribution in [-0.2, 0) is 17.4 Å². The zero-order valence-electron chi connectivity index (χ0n) is 13.5. The van der Waals surface area contributed by atoms with E-state index >= 15 is 0 Å². The molecule has 0 unspecified atom stereocenters. The number of phosphoric ester groups is 1. The maximum Gasteiger partial charge on any atom is 0.524 e. The van der Waals surface area contributed by atoms with Crippen molar-refractivity contribution in [3.8, 4) is 16.9 Å². The van der Waals surface area contributed by atoms with Crippen LogP contribution in [0.15, 0.2) is 42.5 Å². The van der Waals surface area contributed by atoms with E-state index in [1.165, 1.54) is 5.56 Å². The third-order valence-electron chi connectivity index (χ3n) is 3.67. The second kappa shape index (κ2) is 7.78. The highest BCUT2D eigenvalue weighted by Gasteiger charge is 2.22. The predicted molar refractivity (Wildman–Crippen MR) is 92.5 cm³/mol. The molecule has 5 heteroatoms. The molecular weight excluding hydrogens is 311 g/mol. The highest BCUT2D eigenvalue weighted by molar-refractivity contribution is 7.46. The molecule has 124 valence electrons. The maximum absolute atomic E-state index is 11.3. The van der Waals surface area contributed by atoms with Crippen molar-refractivity contribution in [1.29, 1.82) is 0 Å². The Bertz CT molecular complexity index is 692. The summed E-state index contributed by atoms with van der Waals surface area (Å²) in [6, 6.07) is 13.2. The van der Waals surface area contributed by atoms with Crippen LogP contribution in [0.4, 0.5) is 0 Å². The summed E-state index contributed by atoms with van der Waals surface area (Å²) in [5.41, 5.74) is 4.04. The van der Waals surface area contributed by atoms with Gasteiger partial charge >= 0.3 is 7.82 Å². The Morgan fingerprint density at radius 1 is 0.957 bits per heavy atom. The quantitative estimate of drug-likeness (QED) is 0.718. The van der Waals surface area contributed by atoms with Gasteiger partial charge < -0.3 is 4.52 Å². The van der Waals surface area contributed by atoms with E-state index in [1.54, 1.807) is 6.07 Å². The summed E-state index contributed by atoms with van der Waals surface area (Å²) in [6.07, 6.45) is 3.75. The van der Waals surface area contributed by atoms with Crippen molar-refractivity contribution in [3.63, 3.8) is 0 Å². The topological polar surface area (TPSA) is 66.8 Å². The minimum atomic E-state index is -4.60. The van der Waals surface area contributed by atoms with E-state index < -0.39 is 7.82 Å². The van der Waals surface area contributed by atoms with Crippen LogP contribution in [0.1, 0.15) is 37.8 Å². The standard InChI is InChI=1S/C18H23O4P/c1-3-8-14-12-13-17(22-23(19,20)21)18(16(14)9-4-2)15-10-6-5-7-11-15/h5-7,10-13H,3-4,8-9H2,1-2H3,(H2,19,20,21).